The first-order valence-corrected chi connectivity index (χ1v) is 9.43. The van der Waals surface area contributed by atoms with Crippen molar-refractivity contribution >= 4 is 17.5 Å². The number of piperidine rings is 1. The number of benzene rings is 1. The molecular formula is C20H29N3O2. The Labute approximate surface area is 150 Å². The summed E-state index contributed by atoms with van der Waals surface area (Å²) in [4.78, 5) is 26.6. The van der Waals surface area contributed by atoms with Crippen LogP contribution in [0.3, 0.4) is 0 Å². The topological polar surface area (TPSA) is 61.4 Å². The van der Waals surface area contributed by atoms with Gasteiger partial charge in [-0.1, -0.05) is 6.92 Å². The van der Waals surface area contributed by atoms with Crippen LogP contribution in [0.5, 0.6) is 0 Å². The largest absolute Gasteiger partial charge is 0.339 e. The first-order valence-electron chi connectivity index (χ1n) is 9.43. The van der Waals surface area contributed by atoms with Crippen LogP contribution < -0.4 is 10.6 Å². The SMILES string of the molecule is CNCCC1CCN(C(=O)c2ccc(NC(=O)C3CC3C)cc2)CC1. The van der Waals surface area contributed by atoms with E-state index >= 15 is 0 Å². The van der Waals surface area contributed by atoms with E-state index in [4.69, 9.17) is 0 Å². The molecule has 25 heavy (non-hydrogen) atoms. The second-order valence-electron chi connectivity index (χ2n) is 7.51. The van der Waals surface area contributed by atoms with Crippen molar-refractivity contribution in [2.24, 2.45) is 17.8 Å². The van der Waals surface area contributed by atoms with Crippen LogP contribution >= 0.6 is 0 Å². The minimum absolute atomic E-state index is 0.0928. The average Bonchev–Trinajstić information content (AvgIpc) is 3.37. The summed E-state index contributed by atoms with van der Waals surface area (Å²) in [5.41, 5.74) is 1.47. The maximum absolute atomic E-state index is 12.6. The molecule has 2 atom stereocenters. The van der Waals surface area contributed by atoms with Crippen LogP contribution in [0, 0.1) is 17.8 Å². The molecular weight excluding hydrogens is 314 g/mol. The molecule has 0 radical (unpaired) electrons. The highest BCUT2D eigenvalue weighted by atomic mass is 16.2. The molecule has 5 heteroatoms. The van der Waals surface area contributed by atoms with E-state index in [0.717, 1.165) is 50.5 Å². The van der Waals surface area contributed by atoms with E-state index in [2.05, 4.69) is 17.6 Å². The van der Waals surface area contributed by atoms with Crippen molar-refractivity contribution in [3.05, 3.63) is 29.8 Å². The van der Waals surface area contributed by atoms with Gasteiger partial charge < -0.3 is 15.5 Å². The zero-order chi connectivity index (χ0) is 17.8. The van der Waals surface area contributed by atoms with Crippen LogP contribution in [0.25, 0.3) is 0 Å². The normalized spacial score (nSPS) is 23.4. The Morgan fingerprint density at radius 1 is 1.16 bits per heavy atom. The molecule has 5 nitrogen and oxygen atoms in total. The molecule has 1 aliphatic heterocycles. The predicted molar refractivity (Wildman–Crippen MR) is 99.5 cm³/mol. The van der Waals surface area contributed by atoms with Crippen LogP contribution in [0.1, 0.15) is 43.0 Å². The number of rotatable bonds is 6. The molecule has 2 fully saturated rings. The summed E-state index contributed by atoms with van der Waals surface area (Å²) >= 11 is 0. The van der Waals surface area contributed by atoms with Crippen LogP contribution in [-0.4, -0.2) is 43.4 Å². The van der Waals surface area contributed by atoms with Crippen molar-refractivity contribution in [3.8, 4) is 0 Å². The van der Waals surface area contributed by atoms with Crippen molar-refractivity contribution in [1.29, 1.82) is 0 Å². The first-order chi connectivity index (χ1) is 12.1. The number of nitrogens with one attached hydrogen (secondary N) is 2. The summed E-state index contributed by atoms with van der Waals surface area (Å²) in [5.74, 6) is 1.57. The molecule has 2 amide bonds. The van der Waals surface area contributed by atoms with Gasteiger partial charge in [-0.05, 0) is 75.4 Å². The maximum atomic E-state index is 12.6. The standard InChI is InChI=1S/C20H29N3O2/c1-14-13-18(14)19(24)22-17-5-3-16(4-6-17)20(25)23-11-8-15(9-12-23)7-10-21-2/h3-6,14-15,18,21H,7-13H2,1-2H3,(H,22,24). The Morgan fingerprint density at radius 2 is 1.80 bits per heavy atom. The third-order valence-electron chi connectivity index (χ3n) is 5.55. The summed E-state index contributed by atoms with van der Waals surface area (Å²) in [7, 11) is 1.98. The van der Waals surface area contributed by atoms with Crippen molar-refractivity contribution in [2.75, 3.05) is 32.0 Å². The third-order valence-corrected chi connectivity index (χ3v) is 5.55. The second-order valence-corrected chi connectivity index (χ2v) is 7.51. The minimum atomic E-state index is 0.0928. The molecule has 0 spiro atoms. The van der Waals surface area contributed by atoms with Gasteiger partial charge in [-0.2, -0.15) is 0 Å². The molecule has 2 N–H and O–H groups in total. The lowest BCUT2D eigenvalue weighted by molar-refractivity contribution is -0.117. The smallest absolute Gasteiger partial charge is 0.253 e. The number of nitrogens with zero attached hydrogens (tertiary/aromatic N) is 1. The Bertz CT molecular complexity index is 606. The van der Waals surface area contributed by atoms with Crippen molar-refractivity contribution < 1.29 is 9.59 Å². The summed E-state index contributed by atoms with van der Waals surface area (Å²) < 4.78 is 0. The fourth-order valence-electron chi connectivity index (χ4n) is 3.57. The van der Waals surface area contributed by atoms with Crippen molar-refractivity contribution in [1.82, 2.24) is 10.2 Å². The van der Waals surface area contributed by atoms with Gasteiger partial charge in [0.1, 0.15) is 0 Å². The van der Waals surface area contributed by atoms with E-state index in [1.165, 1.54) is 6.42 Å². The minimum Gasteiger partial charge on any atom is -0.339 e. The number of likely N-dealkylation sites (tertiary alicyclic amines) is 1. The quantitative estimate of drug-likeness (QED) is 0.835. The zero-order valence-electron chi connectivity index (χ0n) is 15.3. The van der Waals surface area contributed by atoms with E-state index in [1.807, 2.05) is 36.2 Å². The monoisotopic (exact) mass is 343 g/mol. The molecule has 0 aromatic heterocycles. The van der Waals surface area contributed by atoms with E-state index in [1.54, 1.807) is 0 Å². The lowest BCUT2D eigenvalue weighted by Crippen LogP contribution is -2.38. The number of hydrogen-bond acceptors (Lipinski definition) is 3. The van der Waals surface area contributed by atoms with Crippen LogP contribution in [-0.2, 0) is 4.79 Å². The van der Waals surface area contributed by atoms with E-state index in [0.29, 0.717) is 11.5 Å². The fraction of sp³-hybridized carbons (Fsp3) is 0.600. The van der Waals surface area contributed by atoms with E-state index in [-0.39, 0.29) is 17.7 Å². The Morgan fingerprint density at radius 3 is 2.36 bits per heavy atom. The van der Waals surface area contributed by atoms with Gasteiger partial charge >= 0.3 is 0 Å². The Hall–Kier alpha value is -1.88. The lowest BCUT2D eigenvalue weighted by atomic mass is 9.93. The molecule has 1 aromatic rings. The highest BCUT2D eigenvalue weighted by molar-refractivity contribution is 5.97. The first kappa shape index (κ1) is 17.9. The molecule has 1 saturated heterocycles. The Balaban J connectivity index is 1.50. The zero-order valence-corrected chi connectivity index (χ0v) is 15.3. The van der Waals surface area contributed by atoms with E-state index < -0.39 is 0 Å². The van der Waals surface area contributed by atoms with Gasteiger partial charge in [0.2, 0.25) is 5.91 Å². The maximum Gasteiger partial charge on any atom is 0.253 e. The molecule has 1 saturated carbocycles. The van der Waals surface area contributed by atoms with Crippen LogP contribution in [0.4, 0.5) is 5.69 Å². The molecule has 0 bridgehead atoms. The lowest BCUT2D eigenvalue weighted by Gasteiger charge is -2.32. The van der Waals surface area contributed by atoms with Gasteiger partial charge in [0.25, 0.3) is 5.91 Å². The van der Waals surface area contributed by atoms with Gasteiger partial charge in [0.15, 0.2) is 0 Å². The van der Waals surface area contributed by atoms with E-state index in [9.17, 15) is 9.59 Å². The molecule has 3 rings (SSSR count). The molecule has 1 heterocycles. The van der Waals surface area contributed by atoms with Crippen molar-refractivity contribution in [3.63, 3.8) is 0 Å². The van der Waals surface area contributed by atoms with Gasteiger partial charge in [-0.25, -0.2) is 0 Å². The number of carbonyl (C=O) groups is 2. The third kappa shape index (κ3) is 4.60. The number of anilines is 1. The average molecular weight is 343 g/mol. The number of carbonyl (C=O) groups excluding carboxylic acids is 2. The molecule has 1 aliphatic carbocycles. The summed E-state index contributed by atoms with van der Waals surface area (Å²) in [6.07, 6.45) is 4.33. The van der Waals surface area contributed by atoms with Gasteiger partial charge in [-0.15, -0.1) is 0 Å². The predicted octanol–water partition coefficient (Wildman–Crippen LogP) is 2.74. The molecule has 2 aliphatic rings. The van der Waals surface area contributed by atoms with Gasteiger partial charge in [-0.3, -0.25) is 9.59 Å². The van der Waals surface area contributed by atoms with Gasteiger partial charge in [0.05, 0.1) is 0 Å². The van der Waals surface area contributed by atoms with Crippen LogP contribution in [0.2, 0.25) is 0 Å². The molecule has 1 aromatic carbocycles. The number of amides is 2. The number of hydrogen-bond donors (Lipinski definition) is 2. The van der Waals surface area contributed by atoms with Crippen LogP contribution in [0.15, 0.2) is 24.3 Å². The summed E-state index contributed by atoms with van der Waals surface area (Å²) in [6.45, 7) is 4.82. The highest BCUT2D eigenvalue weighted by Crippen LogP contribution is 2.38. The molecule has 2 unspecified atom stereocenters. The highest BCUT2D eigenvalue weighted by Gasteiger charge is 2.39. The Kier molecular flexibility index (Phi) is 5.74. The summed E-state index contributed by atoms with van der Waals surface area (Å²) in [6, 6.07) is 7.30. The fourth-order valence-corrected chi connectivity index (χ4v) is 3.57. The van der Waals surface area contributed by atoms with Gasteiger partial charge in [0, 0.05) is 30.3 Å². The second kappa shape index (κ2) is 8.00. The molecule has 136 valence electrons. The van der Waals surface area contributed by atoms with Crippen molar-refractivity contribution in [2.45, 2.75) is 32.6 Å². The summed E-state index contributed by atoms with van der Waals surface area (Å²) in [5, 5.41) is 6.13.